The highest BCUT2D eigenvalue weighted by Crippen LogP contribution is 2.38. The highest BCUT2D eigenvalue weighted by Gasteiger charge is 2.43. The van der Waals surface area contributed by atoms with E-state index in [4.69, 9.17) is 14.2 Å². The van der Waals surface area contributed by atoms with E-state index < -0.39 is 35.4 Å². The predicted octanol–water partition coefficient (Wildman–Crippen LogP) is 8.17. The summed E-state index contributed by atoms with van der Waals surface area (Å²) in [5.41, 5.74) is 3.71. The van der Waals surface area contributed by atoms with Gasteiger partial charge in [-0.3, -0.25) is 19.7 Å². The van der Waals surface area contributed by atoms with Crippen LogP contribution in [0.3, 0.4) is 0 Å². The van der Waals surface area contributed by atoms with Gasteiger partial charge in [-0.05, 0) is 39.8 Å². The summed E-state index contributed by atoms with van der Waals surface area (Å²) in [6.45, 7) is -0.115. The van der Waals surface area contributed by atoms with Gasteiger partial charge in [0.2, 0.25) is 0 Å². The first kappa shape index (κ1) is 36.5. The minimum atomic E-state index is -1.47. The molecule has 7 heteroatoms. The van der Waals surface area contributed by atoms with E-state index in [2.05, 4.69) is 5.32 Å². The molecule has 0 saturated heterocycles. The van der Waals surface area contributed by atoms with E-state index in [0.717, 1.165) is 33.4 Å². The van der Waals surface area contributed by atoms with Gasteiger partial charge in [-0.25, -0.2) is 0 Å². The van der Waals surface area contributed by atoms with Gasteiger partial charge in [0.05, 0.1) is 5.54 Å². The van der Waals surface area contributed by atoms with Crippen LogP contribution in [0.5, 0.6) is 0 Å². The van der Waals surface area contributed by atoms with Crippen LogP contribution in [-0.4, -0.2) is 23.9 Å². The zero-order chi connectivity index (χ0) is 36.7. The molecule has 266 valence electrons. The summed E-state index contributed by atoms with van der Waals surface area (Å²) in [5.74, 6) is -3.72. The molecule has 0 aliphatic carbocycles. The first-order valence-electron chi connectivity index (χ1n) is 17.6. The van der Waals surface area contributed by atoms with Gasteiger partial charge in [0.1, 0.15) is 25.9 Å². The summed E-state index contributed by atoms with van der Waals surface area (Å²) in [7, 11) is 0. The third kappa shape index (κ3) is 9.52. The second-order valence-corrected chi connectivity index (χ2v) is 12.6. The number of carbonyl (C=O) groups excluding carboxylic acids is 3. The van der Waals surface area contributed by atoms with Crippen LogP contribution < -0.4 is 5.32 Å². The third-order valence-electron chi connectivity index (χ3n) is 9.01. The average molecular weight is 704 g/mol. The molecule has 1 atom stereocenters. The molecule has 0 aromatic heterocycles. The Labute approximate surface area is 310 Å². The molecule has 1 N–H and O–H groups in total. The minimum Gasteiger partial charge on any atom is -0.460 e. The van der Waals surface area contributed by atoms with Crippen molar-refractivity contribution >= 4 is 17.9 Å². The summed E-state index contributed by atoms with van der Waals surface area (Å²) >= 11 is 0. The molecule has 0 unspecified atom stereocenters. The molecule has 0 radical (unpaired) electrons. The Bertz CT molecular complexity index is 1870. The van der Waals surface area contributed by atoms with E-state index in [1.54, 1.807) is 0 Å². The maximum absolute atomic E-state index is 14.4. The number of rotatable bonds is 16. The standard InChI is InChI=1S/C46H41NO6/c48-43(51-32-35-19-7-1-8-20-35)41(44(49)52-33-36-21-9-2-10-22-36)31-42(45(50)53-34-37-23-11-3-12-24-37)47-46(38-25-13-4-14-26-38,39-27-15-5-16-28-39)40-29-17-6-18-30-40/h1-30,41-42,47H,31-34H2/t42-/m0/s1. The highest BCUT2D eigenvalue weighted by atomic mass is 16.6. The topological polar surface area (TPSA) is 90.9 Å². The smallest absolute Gasteiger partial charge is 0.323 e. The Morgan fingerprint density at radius 1 is 0.415 bits per heavy atom. The molecule has 7 nitrogen and oxygen atoms in total. The number of hydrogen-bond acceptors (Lipinski definition) is 7. The van der Waals surface area contributed by atoms with Crippen molar-refractivity contribution in [2.24, 2.45) is 5.92 Å². The fourth-order valence-corrected chi connectivity index (χ4v) is 6.30. The van der Waals surface area contributed by atoms with Crippen LogP contribution >= 0.6 is 0 Å². The largest absolute Gasteiger partial charge is 0.460 e. The molecule has 0 spiro atoms. The molecule has 6 aromatic rings. The molecule has 53 heavy (non-hydrogen) atoms. The first-order valence-corrected chi connectivity index (χ1v) is 17.6. The van der Waals surface area contributed by atoms with Crippen molar-refractivity contribution in [2.45, 2.75) is 37.8 Å². The van der Waals surface area contributed by atoms with Crippen molar-refractivity contribution in [2.75, 3.05) is 0 Å². The van der Waals surface area contributed by atoms with Crippen LogP contribution in [0.4, 0.5) is 0 Å². The third-order valence-corrected chi connectivity index (χ3v) is 9.01. The number of nitrogens with one attached hydrogen (secondary N) is 1. The number of ether oxygens (including phenoxy) is 3. The van der Waals surface area contributed by atoms with Crippen molar-refractivity contribution in [1.82, 2.24) is 5.32 Å². The zero-order valence-electron chi connectivity index (χ0n) is 29.3. The molecular weight excluding hydrogens is 663 g/mol. The number of hydrogen-bond donors (Lipinski definition) is 1. The molecule has 6 aromatic carbocycles. The van der Waals surface area contributed by atoms with Gasteiger partial charge >= 0.3 is 17.9 Å². The van der Waals surface area contributed by atoms with Gasteiger partial charge in [0.15, 0.2) is 5.92 Å². The minimum absolute atomic E-state index is 0.00552. The lowest BCUT2D eigenvalue weighted by Gasteiger charge is -2.40. The van der Waals surface area contributed by atoms with Gasteiger partial charge in [0.25, 0.3) is 0 Å². The van der Waals surface area contributed by atoms with Crippen molar-refractivity contribution < 1.29 is 28.6 Å². The Morgan fingerprint density at radius 2 is 0.698 bits per heavy atom. The monoisotopic (exact) mass is 703 g/mol. The lowest BCUT2D eigenvalue weighted by atomic mass is 9.76. The van der Waals surface area contributed by atoms with Crippen molar-refractivity contribution in [3.05, 3.63) is 215 Å². The number of esters is 3. The summed E-state index contributed by atoms with van der Waals surface area (Å²) in [4.78, 5) is 42.4. The average Bonchev–Trinajstić information content (AvgIpc) is 3.23. The second kappa shape index (κ2) is 18.3. The van der Waals surface area contributed by atoms with Gasteiger partial charge in [-0.1, -0.05) is 182 Å². The Balaban J connectivity index is 1.41. The Morgan fingerprint density at radius 3 is 1.02 bits per heavy atom. The van der Waals surface area contributed by atoms with Crippen LogP contribution in [-0.2, 0) is 54.0 Å². The molecule has 0 amide bonds. The zero-order valence-corrected chi connectivity index (χ0v) is 29.3. The van der Waals surface area contributed by atoms with Crippen molar-refractivity contribution in [3.8, 4) is 0 Å². The van der Waals surface area contributed by atoms with Crippen molar-refractivity contribution in [1.29, 1.82) is 0 Å². The van der Waals surface area contributed by atoms with E-state index in [1.165, 1.54) is 0 Å². The van der Waals surface area contributed by atoms with Crippen LogP contribution in [0.15, 0.2) is 182 Å². The predicted molar refractivity (Wildman–Crippen MR) is 203 cm³/mol. The van der Waals surface area contributed by atoms with Crippen LogP contribution in [0.1, 0.15) is 39.8 Å². The van der Waals surface area contributed by atoms with E-state index >= 15 is 0 Å². The number of benzene rings is 6. The van der Waals surface area contributed by atoms with Gasteiger partial charge in [0, 0.05) is 0 Å². The van der Waals surface area contributed by atoms with Crippen LogP contribution in [0.25, 0.3) is 0 Å². The SMILES string of the molecule is O=C(OCc1ccccc1)C(C[C@H](NC(c1ccccc1)(c1ccccc1)c1ccccc1)C(=O)OCc1ccccc1)C(=O)OCc1ccccc1. The molecular formula is C46H41NO6. The summed E-state index contributed by atoms with van der Waals surface area (Å²) < 4.78 is 17.4. The molecule has 0 heterocycles. The molecule has 0 bridgehead atoms. The van der Waals surface area contributed by atoms with Gasteiger partial charge < -0.3 is 14.2 Å². The quantitative estimate of drug-likeness (QED) is 0.0471. The maximum atomic E-state index is 14.4. The number of carbonyl (C=O) groups is 3. The Hall–Kier alpha value is -6.31. The summed E-state index contributed by atoms with van der Waals surface area (Å²) in [6.07, 6.45) is -0.302. The Kier molecular flexibility index (Phi) is 12.6. The lowest BCUT2D eigenvalue weighted by Crippen LogP contribution is -2.54. The van der Waals surface area contributed by atoms with E-state index in [-0.39, 0.29) is 26.2 Å². The van der Waals surface area contributed by atoms with Crippen LogP contribution in [0, 0.1) is 5.92 Å². The van der Waals surface area contributed by atoms with Crippen LogP contribution in [0.2, 0.25) is 0 Å². The van der Waals surface area contributed by atoms with E-state index in [1.807, 2.05) is 182 Å². The van der Waals surface area contributed by atoms with Gasteiger partial charge in [-0.2, -0.15) is 0 Å². The second-order valence-electron chi connectivity index (χ2n) is 12.6. The highest BCUT2D eigenvalue weighted by molar-refractivity contribution is 5.95. The fraction of sp³-hybridized carbons (Fsp3) is 0.152. The summed E-state index contributed by atoms with van der Waals surface area (Å²) in [6, 6.07) is 55.9. The molecule has 0 saturated carbocycles. The van der Waals surface area contributed by atoms with E-state index in [9.17, 15) is 14.4 Å². The maximum Gasteiger partial charge on any atom is 0.323 e. The van der Waals surface area contributed by atoms with Crippen molar-refractivity contribution in [3.63, 3.8) is 0 Å². The normalized spacial score (nSPS) is 11.7. The molecule has 0 aliphatic rings. The molecule has 0 fully saturated rings. The molecule has 6 rings (SSSR count). The summed E-state index contributed by atoms with van der Waals surface area (Å²) in [5, 5.41) is 3.65. The lowest BCUT2D eigenvalue weighted by molar-refractivity contribution is -0.165. The molecule has 0 aliphatic heterocycles. The van der Waals surface area contributed by atoms with Gasteiger partial charge in [-0.15, -0.1) is 0 Å². The fourth-order valence-electron chi connectivity index (χ4n) is 6.30. The van der Waals surface area contributed by atoms with E-state index in [0.29, 0.717) is 0 Å². The first-order chi connectivity index (χ1) is 26.0.